The van der Waals surface area contributed by atoms with E-state index in [0.29, 0.717) is 25.5 Å². The van der Waals surface area contributed by atoms with Gasteiger partial charge in [0, 0.05) is 6.54 Å². The summed E-state index contributed by atoms with van der Waals surface area (Å²) in [5.41, 5.74) is 0.462. The van der Waals surface area contributed by atoms with Crippen LogP contribution in [0.15, 0.2) is 35.3 Å². The maximum Gasteiger partial charge on any atom is 0.410 e. The monoisotopic (exact) mass is 319 g/mol. The number of aliphatic hydroxyl groups is 1. The van der Waals surface area contributed by atoms with Crippen molar-refractivity contribution < 1.29 is 14.6 Å². The van der Waals surface area contributed by atoms with Crippen LogP contribution in [0.25, 0.3) is 0 Å². The topological polar surface area (TPSA) is 74.2 Å². The summed E-state index contributed by atoms with van der Waals surface area (Å²) in [6.07, 6.45) is -0.341. The van der Waals surface area contributed by atoms with Crippen LogP contribution in [0.1, 0.15) is 32.4 Å². The first-order valence-electron chi connectivity index (χ1n) is 7.82. The van der Waals surface area contributed by atoms with Crippen molar-refractivity contribution in [2.24, 2.45) is 4.99 Å². The molecule has 1 aliphatic rings. The van der Waals surface area contributed by atoms with E-state index in [1.165, 1.54) is 0 Å². The molecule has 6 nitrogen and oxygen atoms in total. The number of ether oxygens (including phenoxy) is 1. The number of amides is 1. The lowest BCUT2D eigenvalue weighted by Gasteiger charge is -2.31. The highest BCUT2D eigenvalue weighted by Crippen LogP contribution is 2.14. The smallest absolute Gasteiger partial charge is 0.410 e. The summed E-state index contributed by atoms with van der Waals surface area (Å²) in [4.78, 5) is 18.2. The molecule has 0 bridgehead atoms. The van der Waals surface area contributed by atoms with E-state index in [9.17, 15) is 9.90 Å². The van der Waals surface area contributed by atoms with Crippen LogP contribution in [-0.4, -0.2) is 53.8 Å². The third kappa shape index (κ3) is 5.25. The van der Waals surface area contributed by atoms with Crippen molar-refractivity contribution in [2.75, 3.05) is 26.2 Å². The Morgan fingerprint density at radius 2 is 2.09 bits per heavy atom. The molecule has 0 aromatic heterocycles. The molecule has 23 heavy (non-hydrogen) atoms. The van der Waals surface area contributed by atoms with Crippen molar-refractivity contribution in [1.29, 1.82) is 0 Å². The van der Waals surface area contributed by atoms with Crippen molar-refractivity contribution >= 4 is 11.9 Å². The van der Waals surface area contributed by atoms with E-state index in [-0.39, 0.29) is 18.7 Å². The number of amidine groups is 1. The van der Waals surface area contributed by atoms with Gasteiger partial charge in [0.2, 0.25) is 0 Å². The average molecular weight is 319 g/mol. The fourth-order valence-electron chi connectivity index (χ4n) is 2.31. The number of hydrogen-bond acceptors (Lipinski definition) is 5. The largest absolute Gasteiger partial charge is 0.444 e. The summed E-state index contributed by atoms with van der Waals surface area (Å²) in [5.74, 6) is 0.685. The summed E-state index contributed by atoms with van der Waals surface area (Å²) in [5, 5.41) is 12.8. The molecule has 0 aliphatic carbocycles. The molecule has 2 rings (SSSR count). The Hall–Kier alpha value is -2.08. The Morgan fingerprint density at radius 3 is 2.70 bits per heavy atom. The van der Waals surface area contributed by atoms with Gasteiger partial charge in [0.25, 0.3) is 0 Å². The average Bonchev–Trinajstić information content (AvgIpc) is 2.52. The van der Waals surface area contributed by atoms with Crippen LogP contribution in [0.2, 0.25) is 0 Å². The molecule has 1 unspecified atom stereocenters. The zero-order chi connectivity index (χ0) is 16.9. The zero-order valence-corrected chi connectivity index (χ0v) is 14.0. The van der Waals surface area contributed by atoms with Gasteiger partial charge in [-0.05, 0) is 26.3 Å². The second kappa shape index (κ2) is 7.46. The molecule has 1 heterocycles. The van der Waals surface area contributed by atoms with Crippen LogP contribution in [0.3, 0.4) is 0 Å². The number of aliphatic imine (C=N–C) groups is 1. The van der Waals surface area contributed by atoms with Crippen molar-refractivity contribution in [3.8, 4) is 0 Å². The molecular weight excluding hydrogens is 294 g/mol. The normalized spacial score (nSPS) is 16.5. The van der Waals surface area contributed by atoms with Crippen molar-refractivity contribution in [3.63, 3.8) is 0 Å². The minimum atomic E-state index is -0.517. The first-order valence-corrected chi connectivity index (χ1v) is 7.82. The van der Waals surface area contributed by atoms with Gasteiger partial charge >= 0.3 is 6.09 Å². The van der Waals surface area contributed by atoms with Gasteiger partial charge < -0.3 is 15.2 Å². The van der Waals surface area contributed by atoms with E-state index in [2.05, 4.69) is 10.3 Å². The summed E-state index contributed by atoms with van der Waals surface area (Å²) in [6.45, 7) is 6.91. The molecule has 0 spiro atoms. The second-order valence-corrected chi connectivity index (χ2v) is 6.52. The van der Waals surface area contributed by atoms with Crippen LogP contribution < -0.4 is 5.32 Å². The van der Waals surface area contributed by atoms with Gasteiger partial charge in [-0.15, -0.1) is 0 Å². The molecule has 1 atom stereocenters. The number of nitrogens with zero attached hydrogens (tertiary/aromatic N) is 2. The van der Waals surface area contributed by atoms with E-state index >= 15 is 0 Å². The maximum absolute atomic E-state index is 12.2. The van der Waals surface area contributed by atoms with Gasteiger partial charge in [-0.3, -0.25) is 9.89 Å². The van der Waals surface area contributed by atoms with Crippen LogP contribution in [0.5, 0.6) is 0 Å². The summed E-state index contributed by atoms with van der Waals surface area (Å²) in [7, 11) is 0. The van der Waals surface area contributed by atoms with Crippen molar-refractivity contribution in [3.05, 3.63) is 35.9 Å². The fourth-order valence-corrected chi connectivity index (χ4v) is 2.31. The number of aliphatic hydroxyl groups excluding tert-OH is 1. The van der Waals surface area contributed by atoms with Crippen molar-refractivity contribution in [2.45, 2.75) is 32.4 Å². The highest BCUT2D eigenvalue weighted by Gasteiger charge is 2.25. The molecule has 1 aliphatic heterocycles. The predicted octanol–water partition coefficient (Wildman–Crippen LogP) is 1.96. The van der Waals surface area contributed by atoms with Crippen LogP contribution >= 0.6 is 0 Å². The Kier molecular flexibility index (Phi) is 5.60. The summed E-state index contributed by atoms with van der Waals surface area (Å²) >= 11 is 0. The Bertz CT molecular complexity index is 552. The van der Waals surface area contributed by atoms with Gasteiger partial charge in [-0.1, -0.05) is 30.3 Å². The minimum Gasteiger partial charge on any atom is -0.444 e. The number of hydrogen-bond donors (Lipinski definition) is 2. The number of rotatable bonds is 3. The molecule has 2 N–H and O–H groups in total. The molecule has 1 amide bonds. The molecule has 0 saturated heterocycles. The third-order valence-corrected chi connectivity index (χ3v) is 3.39. The van der Waals surface area contributed by atoms with Crippen LogP contribution in [-0.2, 0) is 4.74 Å². The fraction of sp³-hybridized carbons (Fsp3) is 0.529. The van der Waals surface area contributed by atoms with Gasteiger partial charge in [-0.2, -0.15) is 0 Å². The van der Waals surface area contributed by atoms with E-state index in [0.717, 1.165) is 5.56 Å². The van der Waals surface area contributed by atoms with Crippen LogP contribution in [0.4, 0.5) is 4.79 Å². The third-order valence-electron chi connectivity index (χ3n) is 3.39. The van der Waals surface area contributed by atoms with Crippen molar-refractivity contribution in [1.82, 2.24) is 10.2 Å². The lowest BCUT2D eigenvalue weighted by Crippen LogP contribution is -2.48. The second-order valence-electron chi connectivity index (χ2n) is 6.52. The molecule has 126 valence electrons. The molecular formula is C17H25N3O3. The molecule has 1 aromatic carbocycles. The highest BCUT2D eigenvalue weighted by molar-refractivity contribution is 5.88. The Labute approximate surface area is 137 Å². The highest BCUT2D eigenvalue weighted by atomic mass is 16.6. The predicted molar refractivity (Wildman–Crippen MR) is 89.5 cm³/mol. The molecule has 0 saturated carbocycles. The summed E-state index contributed by atoms with van der Waals surface area (Å²) < 4.78 is 5.40. The molecule has 0 fully saturated rings. The number of benzene rings is 1. The lowest BCUT2D eigenvalue weighted by molar-refractivity contribution is 0.0276. The minimum absolute atomic E-state index is 0.0462. The quantitative estimate of drug-likeness (QED) is 0.893. The zero-order valence-electron chi connectivity index (χ0n) is 14.0. The Balaban J connectivity index is 1.98. The maximum atomic E-state index is 12.2. The molecule has 0 radical (unpaired) electrons. The summed E-state index contributed by atoms with van der Waals surface area (Å²) in [6, 6.07) is 9.44. The van der Waals surface area contributed by atoms with Crippen LogP contribution in [0, 0.1) is 0 Å². The van der Waals surface area contributed by atoms with E-state index in [1.807, 2.05) is 51.1 Å². The molecule has 1 aromatic rings. The van der Waals surface area contributed by atoms with Gasteiger partial charge in [0.1, 0.15) is 11.4 Å². The number of carbonyl (C=O) groups excluding carboxylic acids is 1. The van der Waals surface area contributed by atoms with Gasteiger partial charge in [-0.25, -0.2) is 4.79 Å². The SMILES string of the molecule is CC(C)(C)OC(=O)N1CCN=C(NC(CO)c2ccccc2)C1. The number of nitrogens with one attached hydrogen (secondary N) is 1. The van der Waals surface area contributed by atoms with E-state index in [4.69, 9.17) is 4.74 Å². The molecule has 6 heteroatoms. The van der Waals surface area contributed by atoms with E-state index in [1.54, 1.807) is 4.90 Å². The van der Waals surface area contributed by atoms with Gasteiger partial charge in [0.15, 0.2) is 0 Å². The van der Waals surface area contributed by atoms with Gasteiger partial charge in [0.05, 0.1) is 25.7 Å². The Morgan fingerprint density at radius 1 is 1.39 bits per heavy atom. The standard InChI is InChI=1S/C17H25N3O3/c1-17(2,3)23-16(22)20-10-9-18-15(11-20)19-14(12-21)13-7-5-4-6-8-13/h4-8,14,21H,9-12H2,1-3H3,(H,18,19). The number of carbonyl (C=O) groups is 1. The first-order chi connectivity index (χ1) is 10.9. The lowest BCUT2D eigenvalue weighted by atomic mass is 10.1. The van der Waals surface area contributed by atoms with E-state index < -0.39 is 5.60 Å². The first kappa shape index (κ1) is 17.3.